The minimum atomic E-state index is -2.90. The summed E-state index contributed by atoms with van der Waals surface area (Å²) in [5, 5.41) is 2.82. The molecular weight excluding hydrogens is 290 g/mol. The van der Waals surface area contributed by atoms with Gasteiger partial charge in [-0.05, 0) is 37.0 Å². The van der Waals surface area contributed by atoms with E-state index in [-0.39, 0.29) is 35.7 Å². The molecule has 1 amide bonds. The number of nitrogens with one attached hydrogen (secondary N) is 1. The summed E-state index contributed by atoms with van der Waals surface area (Å²) < 4.78 is 28.4. The third-order valence-electron chi connectivity index (χ3n) is 3.08. The van der Waals surface area contributed by atoms with Crippen molar-refractivity contribution in [3.05, 3.63) is 29.8 Å². The number of hydrogen-bond acceptors (Lipinski definition) is 3. The van der Waals surface area contributed by atoms with Crippen LogP contribution in [0.3, 0.4) is 0 Å². The Balaban J connectivity index is 0.00000200. The molecule has 112 valence electrons. The lowest BCUT2D eigenvalue weighted by atomic mass is 10.1. The van der Waals surface area contributed by atoms with Gasteiger partial charge in [0, 0.05) is 18.2 Å². The maximum absolute atomic E-state index is 12.1. The molecule has 1 atom stereocenters. The van der Waals surface area contributed by atoms with Crippen molar-refractivity contribution >= 4 is 18.3 Å². The summed E-state index contributed by atoms with van der Waals surface area (Å²) in [6, 6.07) is 5.67. The third-order valence-corrected chi connectivity index (χ3v) is 3.08. The van der Waals surface area contributed by atoms with Crippen LogP contribution in [0.1, 0.15) is 23.2 Å². The lowest BCUT2D eigenvalue weighted by molar-refractivity contribution is -0.0498. The number of benzene rings is 1. The van der Waals surface area contributed by atoms with Crippen LogP contribution >= 0.6 is 12.4 Å². The molecule has 1 aromatic carbocycles. The van der Waals surface area contributed by atoms with Crippen LogP contribution in [-0.2, 0) is 0 Å². The number of amides is 1. The number of carbonyl (C=O) groups excluding carboxylic acids is 1. The molecule has 0 aromatic heterocycles. The fraction of sp³-hybridized carbons (Fsp3) is 0.462. The molecule has 0 bridgehead atoms. The van der Waals surface area contributed by atoms with Crippen molar-refractivity contribution in [1.82, 2.24) is 5.32 Å². The molecule has 0 heterocycles. The van der Waals surface area contributed by atoms with Crippen molar-refractivity contribution in [2.75, 3.05) is 6.54 Å². The summed E-state index contributed by atoms with van der Waals surface area (Å²) in [6.07, 6.45) is 2.13. The molecule has 1 aromatic rings. The molecule has 7 heteroatoms. The molecule has 3 N–H and O–H groups in total. The maximum atomic E-state index is 12.1. The van der Waals surface area contributed by atoms with Crippen LogP contribution in [0.4, 0.5) is 8.78 Å². The predicted octanol–water partition coefficient (Wildman–Crippen LogP) is 2.18. The first kappa shape index (κ1) is 16.7. The van der Waals surface area contributed by atoms with Gasteiger partial charge in [-0.25, -0.2) is 0 Å². The average Bonchev–Trinajstić information content (AvgIpc) is 3.19. The van der Waals surface area contributed by atoms with E-state index in [1.54, 1.807) is 6.07 Å². The molecule has 1 fully saturated rings. The number of nitrogens with two attached hydrogens (primary N) is 1. The summed E-state index contributed by atoms with van der Waals surface area (Å²) in [5.74, 6) is 0.0925. The normalized spacial score (nSPS) is 15.4. The van der Waals surface area contributed by atoms with E-state index < -0.39 is 6.61 Å². The van der Waals surface area contributed by atoms with E-state index in [9.17, 15) is 13.6 Å². The number of alkyl halides is 2. The highest BCUT2D eigenvalue weighted by Gasteiger charge is 2.31. The van der Waals surface area contributed by atoms with Crippen LogP contribution in [0.15, 0.2) is 24.3 Å². The molecule has 0 radical (unpaired) electrons. The Bertz CT molecular complexity index is 456. The first-order chi connectivity index (χ1) is 9.10. The first-order valence-electron chi connectivity index (χ1n) is 6.16. The van der Waals surface area contributed by atoms with Crippen molar-refractivity contribution < 1.29 is 18.3 Å². The van der Waals surface area contributed by atoms with E-state index in [1.807, 2.05) is 0 Å². The van der Waals surface area contributed by atoms with E-state index in [0.29, 0.717) is 12.5 Å². The van der Waals surface area contributed by atoms with E-state index in [1.165, 1.54) is 18.2 Å². The van der Waals surface area contributed by atoms with Gasteiger partial charge in [0.05, 0.1) is 0 Å². The first-order valence-corrected chi connectivity index (χ1v) is 6.16. The molecular formula is C13H17ClF2N2O2. The summed E-state index contributed by atoms with van der Waals surface area (Å²) in [4.78, 5) is 12.0. The standard InChI is InChI=1S/C13H16F2N2O2.ClH/c14-13(15)19-10-3-1-2-9(6-10)12(18)17-11(7-16)8-4-5-8;/h1-3,6,8,11,13H,4-5,7,16H2,(H,17,18);1H. The van der Waals surface area contributed by atoms with E-state index in [0.717, 1.165) is 12.8 Å². The van der Waals surface area contributed by atoms with E-state index >= 15 is 0 Å². The van der Waals surface area contributed by atoms with Crippen LogP contribution in [0, 0.1) is 5.92 Å². The number of carbonyl (C=O) groups is 1. The van der Waals surface area contributed by atoms with Gasteiger partial charge in [-0.3, -0.25) is 4.79 Å². The zero-order valence-electron chi connectivity index (χ0n) is 10.7. The SMILES string of the molecule is Cl.NCC(NC(=O)c1cccc(OC(F)F)c1)C1CC1. The molecule has 1 aliphatic rings. The van der Waals surface area contributed by atoms with Crippen molar-refractivity contribution in [1.29, 1.82) is 0 Å². The summed E-state index contributed by atoms with van der Waals surface area (Å²) in [6.45, 7) is -2.52. The molecule has 2 rings (SSSR count). The van der Waals surface area contributed by atoms with Gasteiger partial charge < -0.3 is 15.8 Å². The highest BCUT2D eigenvalue weighted by Crippen LogP contribution is 2.32. The molecule has 0 aliphatic heterocycles. The monoisotopic (exact) mass is 306 g/mol. The molecule has 20 heavy (non-hydrogen) atoms. The van der Waals surface area contributed by atoms with Crippen LogP contribution in [0.25, 0.3) is 0 Å². The number of rotatable bonds is 6. The Hall–Kier alpha value is -1.40. The molecule has 0 spiro atoms. The second-order valence-electron chi connectivity index (χ2n) is 4.56. The minimum absolute atomic E-state index is 0. The zero-order valence-corrected chi connectivity index (χ0v) is 11.5. The second kappa shape index (κ2) is 7.40. The Morgan fingerprint density at radius 1 is 1.45 bits per heavy atom. The highest BCUT2D eigenvalue weighted by molar-refractivity contribution is 5.94. The van der Waals surface area contributed by atoms with Crippen LogP contribution in [0.5, 0.6) is 5.75 Å². The molecule has 0 saturated heterocycles. The fourth-order valence-electron chi connectivity index (χ4n) is 1.93. The second-order valence-corrected chi connectivity index (χ2v) is 4.56. The van der Waals surface area contributed by atoms with Crippen molar-refractivity contribution in [2.45, 2.75) is 25.5 Å². The maximum Gasteiger partial charge on any atom is 0.387 e. The fourth-order valence-corrected chi connectivity index (χ4v) is 1.93. The Labute approximate surface area is 122 Å². The van der Waals surface area contributed by atoms with Gasteiger partial charge in [-0.15, -0.1) is 12.4 Å². The minimum Gasteiger partial charge on any atom is -0.435 e. The molecule has 4 nitrogen and oxygen atoms in total. The van der Waals surface area contributed by atoms with Crippen LogP contribution < -0.4 is 15.8 Å². The average molecular weight is 307 g/mol. The van der Waals surface area contributed by atoms with Gasteiger partial charge in [0.25, 0.3) is 5.91 Å². The van der Waals surface area contributed by atoms with Crippen LogP contribution in [-0.4, -0.2) is 25.1 Å². The van der Waals surface area contributed by atoms with Gasteiger partial charge in [-0.2, -0.15) is 8.78 Å². The van der Waals surface area contributed by atoms with Gasteiger partial charge in [0.1, 0.15) is 5.75 Å². The predicted molar refractivity (Wildman–Crippen MR) is 73.4 cm³/mol. The summed E-state index contributed by atoms with van der Waals surface area (Å²) in [5.41, 5.74) is 5.89. The van der Waals surface area contributed by atoms with Crippen molar-refractivity contribution in [3.63, 3.8) is 0 Å². The highest BCUT2D eigenvalue weighted by atomic mass is 35.5. The molecule has 1 aliphatic carbocycles. The van der Waals surface area contributed by atoms with Gasteiger partial charge in [0.2, 0.25) is 0 Å². The topological polar surface area (TPSA) is 64.3 Å². The number of halogens is 3. The van der Waals surface area contributed by atoms with E-state index in [2.05, 4.69) is 10.1 Å². The lowest BCUT2D eigenvalue weighted by Crippen LogP contribution is -2.41. The Morgan fingerprint density at radius 3 is 2.70 bits per heavy atom. The molecule has 1 saturated carbocycles. The molecule has 1 unspecified atom stereocenters. The Kier molecular flexibility index (Phi) is 6.16. The van der Waals surface area contributed by atoms with Crippen molar-refractivity contribution in [2.24, 2.45) is 11.7 Å². The number of hydrogen-bond donors (Lipinski definition) is 2. The van der Waals surface area contributed by atoms with Crippen molar-refractivity contribution in [3.8, 4) is 5.75 Å². The number of ether oxygens (including phenoxy) is 1. The van der Waals surface area contributed by atoms with Gasteiger partial charge >= 0.3 is 6.61 Å². The van der Waals surface area contributed by atoms with Gasteiger partial charge in [-0.1, -0.05) is 6.07 Å². The largest absolute Gasteiger partial charge is 0.435 e. The summed E-state index contributed by atoms with van der Waals surface area (Å²) >= 11 is 0. The lowest BCUT2D eigenvalue weighted by Gasteiger charge is -2.16. The smallest absolute Gasteiger partial charge is 0.387 e. The van der Waals surface area contributed by atoms with Gasteiger partial charge in [0.15, 0.2) is 0 Å². The van der Waals surface area contributed by atoms with Crippen LogP contribution in [0.2, 0.25) is 0 Å². The Morgan fingerprint density at radius 2 is 2.15 bits per heavy atom. The van der Waals surface area contributed by atoms with E-state index in [4.69, 9.17) is 5.73 Å². The zero-order chi connectivity index (χ0) is 13.8. The third kappa shape index (κ3) is 4.61. The summed E-state index contributed by atoms with van der Waals surface area (Å²) in [7, 11) is 0. The quantitative estimate of drug-likeness (QED) is 0.846.